The van der Waals surface area contributed by atoms with Crippen LogP contribution in [0.1, 0.15) is 0 Å². The van der Waals surface area contributed by atoms with Gasteiger partial charge >= 0.3 is 0 Å². The molecule has 0 bridgehead atoms. The van der Waals surface area contributed by atoms with Gasteiger partial charge in [-0.2, -0.15) is 10.1 Å². The largest absolute Gasteiger partial charge is 0.381 e. The molecule has 0 spiro atoms. The highest BCUT2D eigenvalue weighted by molar-refractivity contribution is 7.97. The predicted octanol–water partition coefficient (Wildman–Crippen LogP) is 0.781. The molecule has 0 saturated heterocycles. The molecule has 0 atom stereocenters. The number of hydrazone groups is 1. The molecule has 1 aromatic carbocycles. The molecule has 0 saturated carbocycles. The summed E-state index contributed by atoms with van der Waals surface area (Å²) in [6.07, 6.45) is 0.983. The third kappa shape index (κ3) is 3.49. The maximum atomic E-state index is 13.0. The topological polar surface area (TPSA) is 131 Å². The van der Waals surface area contributed by atoms with Gasteiger partial charge < -0.3 is 16.9 Å². The van der Waals surface area contributed by atoms with Crippen molar-refractivity contribution < 1.29 is 4.39 Å². The van der Waals surface area contributed by atoms with E-state index in [-0.39, 0.29) is 16.9 Å². The Hall–Kier alpha value is -2.59. The fourth-order valence-corrected chi connectivity index (χ4v) is 1.60. The maximum Gasteiger partial charge on any atom is 0.229 e. The lowest BCUT2D eigenvalue weighted by Crippen LogP contribution is -2.35. The molecular formula is C11H13FN8S. The van der Waals surface area contributed by atoms with Crippen LogP contribution in [0.25, 0.3) is 0 Å². The first-order valence-corrected chi connectivity index (χ1v) is 6.12. The van der Waals surface area contributed by atoms with Gasteiger partial charge in [0.25, 0.3) is 0 Å². The minimum Gasteiger partial charge on any atom is -0.381 e. The Kier molecular flexibility index (Phi) is 4.40. The van der Waals surface area contributed by atoms with Crippen molar-refractivity contribution >= 4 is 40.9 Å². The molecule has 0 aliphatic rings. The van der Waals surface area contributed by atoms with Gasteiger partial charge in [-0.1, -0.05) is 6.07 Å². The first kappa shape index (κ1) is 14.8. The molecule has 7 N–H and O–H groups in total. The Morgan fingerprint density at radius 3 is 2.86 bits per heavy atom. The zero-order valence-corrected chi connectivity index (χ0v) is 11.6. The number of nitrogen functional groups attached to an aromatic ring is 1. The molecule has 0 unspecified atom stereocenters. The van der Waals surface area contributed by atoms with Gasteiger partial charge in [0.15, 0.2) is 16.8 Å². The molecule has 10 heteroatoms. The Morgan fingerprint density at radius 2 is 2.19 bits per heavy atom. The second kappa shape index (κ2) is 6.24. The van der Waals surface area contributed by atoms with Crippen LogP contribution in [0.5, 0.6) is 0 Å². The summed E-state index contributed by atoms with van der Waals surface area (Å²) in [7, 11) is 0. The Bertz CT molecular complexity index is 677. The standard InChI is InChI=1S/C11H13FN8S/c12-8-5-16-10(18-9(8)13)17-6-2-1-3-7(4-6)20(15)11(21)19-14/h1-5H,14-15H2,(H,19,21)(H3,13,16,17,18). The van der Waals surface area contributed by atoms with Crippen LogP contribution in [0.4, 0.5) is 27.5 Å². The third-order valence-electron chi connectivity index (χ3n) is 2.48. The van der Waals surface area contributed by atoms with Crippen LogP contribution in [0.15, 0.2) is 35.6 Å². The molecule has 2 rings (SSSR count). The molecule has 0 amide bonds. The summed E-state index contributed by atoms with van der Waals surface area (Å²) < 4.78 is 13.0. The lowest BCUT2D eigenvalue weighted by molar-refractivity contribution is 0.620. The summed E-state index contributed by atoms with van der Waals surface area (Å²) in [6, 6.07) is 6.90. The van der Waals surface area contributed by atoms with Gasteiger partial charge in [-0.25, -0.2) is 15.2 Å². The number of hydrogen-bond donors (Lipinski definition) is 5. The highest BCUT2D eigenvalue weighted by Crippen LogP contribution is 2.21. The molecule has 2 aromatic rings. The van der Waals surface area contributed by atoms with Gasteiger partial charge in [0, 0.05) is 5.69 Å². The van der Waals surface area contributed by atoms with Crippen molar-refractivity contribution in [3.63, 3.8) is 0 Å². The van der Waals surface area contributed by atoms with E-state index in [1.807, 2.05) is 0 Å². The molecule has 8 nitrogen and oxygen atoms in total. The van der Waals surface area contributed by atoms with Gasteiger partial charge in [0.2, 0.25) is 5.95 Å². The first-order chi connectivity index (χ1) is 10.0. The van der Waals surface area contributed by atoms with Crippen LogP contribution in [0, 0.1) is 5.82 Å². The Morgan fingerprint density at radius 1 is 1.43 bits per heavy atom. The van der Waals surface area contributed by atoms with Gasteiger partial charge in [-0.15, -0.1) is 12.6 Å². The van der Waals surface area contributed by atoms with E-state index in [0.29, 0.717) is 11.4 Å². The van der Waals surface area contributed by atoms with Gasteiger partial charge in [0.05, 0.1) is 11.9 Å². The number of nitrogens with one attached hydrogen (secondary N) is 1. The number of amidine groups is 1. The number of hydrazine groups is 1. The lowest BCUT2D eigenvalue weighted by atomic mass is 10.3. The van der Waals surface area contributed by atoms with Crippen molar-refractivity contribution in [2.24, 2.45) is 16.8 Å². The van der Waals surface area contributed by atoms with Crippen molar-refractivity contribution in [3.05, 3.63) is 36.3 Å². The predicted molar refractivity (Wildman–Crippen MR) is 83.4 cm³/mol. The molecule has 110 valence electrons. The normalized spacial score (nSPS) is 11.3. The quantitative estimate of drug-likeness (QED) is 0.186. The van der Waals surface area contributed by atoms with E-state index in [1.54, 1.807) is 24.3 Å². The Labute approximate surface area is 125 Å². The molecule has 1 aromatic heterocycles. The fraction of sp³-hybridized carbons (Fsp3) is 0. The van der Waals surface area contributed by atoms with Crippen molar-refractivity contribution in [2.45, 2.75) is 0 Å². The molecule has 21 heavy (non-hydrogen) atoms. The number of anilines is 4. The van der Waals surface area contributed by atoms with E-state index in [4.69, 9.17) is 17.4 Å². The Balaban J connectivity index is 2.23. The highest BCUT2D eigenvalue weighted by atomic mass is 32.1. The SMILES string of the molecule is N/N=C(/S)N(N)c1cccc(Nc2ncc(F)c(N)n2)c1. The first-order valence-electron chi connectivity index (χ1n) is 5.68. The van der Waals surface area contributed by atoms with Gasteiger partial charge in [-0.3, -0.25) is 5.01 Å². The van der Waals surface area contributed by atoms with Crippen LogP contribution >= 0.6 is 12.6 Å². The zero-order valence-electron chi connectivity index (χ0n) is 10.7. The van der Waals surface area contributed by atoms with E-state index < -0.39 is 5.82 Å². The van der Waals surface area contributed by atoms with Crippen LogP contribution < -0.4 is 27.7 Å². The molecule has 0 radical (unpaired) electrons. The van der Waals surface area contributed by atoms with Crippen LogP contribution in [-0.4, -0.2) is 15.1 Å². The molecular weight excluding hydrogens is 295 g/mol. The van der Waals surface area contributed by atoms with Crippen molar-refractivity contribution in [3.8, 4) is 0 Å². The van der Waals surface area contributed by atoms with E-state index in [9.17, 15) is 4.39 Å². The van der Waals surface area contributed by atoms with Crippen LogP contribution in [-0.2, 0) is 0 Å². The average molecular weight is 308 g/mol. The minimum absolute atomic E-state index is 0.134. The highest BCUT2D eigenvalue weighted by Gasteiger charge is 2.08. The average Bonchev–Trinajstić information content (AvgIpc) is 2.49. The van der Waals surface area contributed by atoms with Crippen LogP contribution in [0.2, 0.25) is 0 Å². The van der Waals surface area contributed by atoms with Crippen molar-refractivity contribution in [1.82, 2.24) is 9.97 Å². The number of rotatable bonds is 3. The van der Waals surface area contributed by atoms with Gasteiger partial charge in [-0.05, 0) is 18.2 Å². The summed E-state index contributed by atoms with van der Waals surface area (Å²) in [5.41, 5.74) is 6.57. The van der Waals surface area contributed by atoms with Crippen molar-refractivity contribution in [2.75, 3.05) is 16.1 Å². The zero-order chi connectivity index (χ0) is 15.4. The minimum atomic E-state index is -0.679. The molecule has 0 aliphatic carbocycles. The summed E-state index contributed by atoms with van der Waals surface area (Å²) in [5, 5.41) is 7.58. The second-order valence-corrected chi connectivity index (χ2v) is 4.30. The number of thiol groups is 1. The third-order valence-corrected chi connectivity index (χ3v) is 2.81. The maximum absolute atomic E-state index is 13.0. The number of hydrogen-bond acceptors (Lipinski definition) is 7. The number of benzene rings is 1. The van der Waals surface area contributed by atoms with E-state index in [2.05, 4.69) is 33.0 Å². The monoisotopic (exact) mass is 308 g/mol. The van der Waals surface area contributed by atoms with E-state index in [0.717, 1.165) is 6.20 Å². The number of aromatic nitrogens is 2. The molecule has 0 fully saturated rings. The summed E-state index contributed by atoms with van der Waals surface area (Å²) in [6.45, 7) is 0. The fourth-order valence-electron chi connectivity index (χ4n) is 1.48. The van der Waals surface area contributed by atoms with E-state index >= 15 is 0 Å². The summed E-state index contributed by atoms with van der Waals surface area (Å²) in [5.74, 6) is 10.1. The van der Waals surface area contributed by atoms with E-state index in [1.165, 1.54) is 5.01 Å². The number of nitrogens with two attached hydrogens (primary N) is 3. The van der Waals surface area contributed by atoms with Gasteiger partial charge in [0.1, 0.15) is 0 Å². The smallest absolute Gasteiger partial charge is 0.229 e. The van der Waals surface area contributed by atoms with Crippen molar-refractivity contribution in [1.29, 1.82) is 0 Å². The molecule has 1 heterocycles. The molecule has 0 aliphatic heterocycles. The number of halogens is 1. The van der Waals surface area contributed by atoms with Crippen LogP contribution in [0.3, 0.4) is 0 Å². The number of nitrogens with zero attached hydrogens (tertiary/aromatic N) is 4. The summed E-state index contributed by atoms with van der Waals surface area (Å²) >= 11 is 4.02. The summed E-state index contributed by atoms with van der Waals surface area (Å²) in [4.78, 5) is 7.55. The second-order valence-electron chi connectivity index (χ2n) is 3.90. The lowest BCUT2D eigenvalue weighted by Gasteiger charge is -2.17.